The molecule has 1 aromatic rings. The van der Waals surface area contributed by atoms with E-state index in [1.54, 1.807) is 0 Å². The van der Waals surface area contributed by atoms with E-state index in [2.05, 4.69) is 27.4 Å². The summed E-state index contributed by atoms with van der Waals surface area (Å²) in [6.07, 6.45) is 18.0. The average molecular weight is 511 g/mol. The molecule has 1 aliphatic carbocycles. The quantitative estimate of drug-likeness (QED) is 0.377. The Morgan fingerprint density at radius 2 is 1.70 bits per heavy atom. The second-order valence-electron chi connectivity index (χ2n) is 11.7. The monoisotopic (exact) mass is 510 g/mol. The van der Waals surface area contributed by atoms with Crippen LogP contribution >= 0.6 is 0 Å². The van der Waals surface area contributed by atoms with Gasteiger partial charge in [0.15, 0.2) is 0 Å². The molecular weight excluding hydrogens is 460 g/mol. The highest BCUT2D eigenvalue weighted by Gasteiger charge is 2.28. The van der Waals surface area contributed by atoms with Crippen LogP contribution in [0, 0.1) is 11.3 Å². The molecule has 0 bridgehead atoms. The molecule has 3 N–H and O–H groups in total. The molecule has 2 unspecified atom stereocenters. The molecule has 1 aromatic heterocycles. The Labute approximate surface area is 224 Å². The molecule has 0 aromatic carbocycles. The van der Waals surface area contributed by atoms with E-state index in [0.29, 0.717) is 17.4 Å². The maximum atomic E-state index is 13.1. The maximum absolute atomic E-state index is 13.1. The molecule has 4 rings (SSSR count). The molecule has 2 saturated heterocycles. The number of pyridine rings is 1. The summed E-state index contributed by atoms with van der Waals surface area (Å²) >= 11 is 0. The predicted octanol–water partition coefficient (Wildman–Crippen LogP) is 5.59. The molecule has 3 fully saturated rings. The Hall–Kier alpha value is -2.15. The average Bonchev–Trinajstić information content (AvgIpc) is 2.89. The van der Waals surface area contributed by atoms with Crippen molar-refractivity contribution in [3.8, 4) is 0 Å². The van der Waals surface area contributed by atoms with Crippen LogP contribution in [0.2, 0.25) is 0 Å². The van der Waals surface area contributed by atoms with Crippen LogP contribution in [0.3, 0.4) is 0 Å². The van der Waals surface area contributed by atoms with Gasteiger partial charge in [-0.05, 0) is 70.0 Å². The van der Waals surface area contributed by atoms with Gasteiger partial charge >= 0.3 is 0 Å². The van der Waals surface area contributed by atoms with Crippen LogP contribution < -0.4 is 15.5 Å². The lowest BCUT2D eigenvalue weighted by Crippen LogP contribution is -2.50. The normalized spacial score (nSPS) is 24.2. The lowest BCUT2D eigenvalue weighted by Gasteiger charge is -2.38. The third kappa shape index (κ3) is 7.92. The zero-order chi connectivity index (χ0) is 26.0. The van der Waals surface area contributed by atoms with E-state index in [1.807, 2.05) is 19.2 Å². The minimum Gasteiger partial charge on any atom is -0.373 e. The molecule has 2 atom stereocenters. The minimum absolute atomic E-state index is 0.00127. The number of carbonyl (C=O) groups is 1. The van der Waals surface area contributed by atoms with Crippen LogP contribution in [0.1, 0.15) is 102 Å². The van der Waals surface area contributed by atoms with Crippen molar-refractivity contribution in [1.29, 1.82) is 5.41 Å². The van der Waals surface area contributed by atoms with E-state index in [-0.39, 0.29) is 17.7 Å². The number of piperidine rings is 1. The van der Waals surface area contributed by atoms with Crippen molar-refractivity contribution >= 4 is 23.3 Å². The van der Waals surface area contributed by atoms with Crippen LogP contribution in [0.5, 0.6) is 0 Å². The number of carbonyl (C=O) groups excluding carboxylic acids is 1. The smallest absolute Gasteiger partial charge is 0.270 e. The number of hydrogen-bond acceptors (Lipinski definition) is 6. The molecule has 7 heteroatoms. The van der Waals surface area contributed by atoms with Gasteiger partial charge < -0.3 is 20.4 Å². The van der Waals surface area contributed by atoms with E-state index >= 15 is 0 Å². The van der Waals surface area contributed by atoms with Crippen LogP contribution in [-0.2, 0) is 4.79 Å². The Kier molecular flexibility index (Phi) is 10.6. The van der Waals surface area contributed by atoms with E-state index in [1.165, 1.54) is 83.6 Å². The van der Waals surface area contributed by atoms with Crippen molar-refractivity contribution in [2.24, 2.45) is 5.92 Å². The zero-order valence-electron chi connectivity index (χ0n) is 23.4. The summed E-state index contributed by atoms with van der Waals surface area (Å²) in [5.74, 6) is 2.21. The third-order valence-corrected chi connectivity index (χ3v) is 8.93. The second kappa shape index (κ2) is 14.1. The first-order chi connectivity index (χ1) is 18.0. The van der Waals surface area contributed by atoms with Crippen molar-refractivity contribution in [3.05, 3.63) is 17.7 Å². The SMILES string of the molecule is CNc1nc(N2CCCCCCC2)ccc1C(=N)C(=O)NC1CCN(CCCC2CCCCC2)C(C)C1. The van der Waals surface area contributed by atoms with Crippen molar-refractivity contribution in [1.82, 2.24) is 15.2 Å². The number of amides is 1. The van der Waals surface area contributed by atoms with Gasteiger partial charge in [-0.1, -0.05) is 51.4 Å². The largest absolute Gasteiger partial charge is 0.373 e. The standard InChI is InChI=1S/C30H50N6O/c1-23-22-25(17-21-35(23)20-11-14-24-12-7-6-8-13-24)33-30(37)28(31)26-15-16-27(34-29(26)32-2)36-18-9-4-3-5-10-19-36/h15-16,23-25,31H,3-14,17-22H2,1-2H3,(H,32,34)(H,33,37). The van der Waals surface area contributed by atoms with Crippen molar-refractivity contribution < 1.29 is 4.79 Å². The molecule has 0 radical (unpaired) electrons. The van der Waals surface area contributed by atoms with Crippen LogP contribution in [0.25, 0.3) is 0 Å². The summed E-state index contributed by atoms with van der Waals surface area (Å²) in [5.41, 5.74) is 0.572. The highest BCUT2D eigenvalue weighted by Crippen LogP contribution is 2.28. The molecule has 7 nitrogen and oxygen atoms in total. The van der Waals surface area contributed by atoms with Gasteiger partial charge in [-0.2, -0.15) is 0 Å². The van der Waals surface area contributed by atoms with Gasteiger partial charge in [0.2, 0.25) is 0 Å². The number of likely N-dealkylation sites (tertiary alicyclic amines) is 1. The molecule has 0 spiro atoms. The van der Waals surface area contributed by atoms with E-state index < -0.39 is 0 Å². The number of nitrogens with one attached hydrogen (secondary N) is 3. The van der Waals surface area contributed by atoms with Crippen LogP contribution in [0.4, 0.5) is 11.6 Å². The van der Waals surface area contributed by atoms with E-state index in [0.717, 1.165) is 44.2 Å². The van der Waals surface area contributed by atoms with Gasteiger partial charge in [0.25, 0.3) is 5.91 Å². The molecule has 37 heavy (non-hydrogen) atoms. The molecule has 2 aliphatic heterocycles. The van der Waals surface area contributed by atoms with Crippen molar-refractivity contribution in [2.75, 3.05) is 43.4 Å². The first kappa shape index (κ1) is 27.9. The summed E-state index contributed by atoms with van der Waals surface area (Å²) in [5, 5.41) is 14.9. The lowest BCUT2D eigenvalue weighted by molar-refractivity contribution is -0.115. The Morgan fingerprint density at radius 3 is 2.41 bits per heavy atom. The fourth-order valence-electron chi connectivity index (χ4n) is 6.62. The summed E-state index contributed by atoms with van der Waals surface area (Å²) < 4.78 is 0. The van der Waals surface area contributed by atoms with Gasteiger partial charge in [0.1, 0.15) is 17.3 Å². The number of rotatable bonds is 9. The van der Waals surface area contributed by atoms with E-state index in [4.69, 9.17) is 10.4 Å². The third-order valence-electron chi connectivity index (χ3n) is 8.93. The first-order valence-corrected chi connectivity index (χ1v) is 15.1. The number of aromatic nitrogens is 1. The molecule has 3 aliphatic rings. The summed E-state index contributed by atoms with van der Waals surface area (Å²) in [6.45, 7) is 6.53. The zero-order valence-corrected chi connectivity index (χ0v) is 23.4. The van der Waals surface area contributed by atoms with Gasteiger partial charge in [-0.3, -0.25) is 10.2 Å². The summed E-state index contributed by atoms with van der Waals surface area (Å²) in [6, 6.07) is 4.47. The number of nitrogens with zero attached hydrogens (tertiary/aromatic N) is 3. The summed E-state index contributed by atoms with van der Waals surface area (Å²) in [4.78, 5) is 22.8. The molecule has 1 amide bonds. The van der Waals surface area contributed by atoms with Gasteiger partial charge in [-0.25, -0.2) is 4.98 Å². The maximum Gasteiger partial charge on any atom is 0.270 e. The van der Waals surface area contributed by atoms with Gasteiger partial charge in [0.05, 0.1) is 0 Å². The minimum atomic E-state index is -0.291. The lowest BCUT2D eigenvalue weighted by atomic mass is 9.86. The topological polar surface area (TPSA) is 84.4 Å². The predicted molar refractivity (Wildman–Crippen MR) is 154 cm³/mol. The second-order valence-corrected chi connectivity index (χ2v) is 11.7. The molecular formula is C30H50N6O. The highest BCUT2D eigenvalue weighted by molar-refractivity contribution is 6.45. The van der Waals surface area contributed by atoms with Crippen LogP contribution in [-0.4, -0.2) is 66.8 Å². The highest BCUT2D eigenvalue weighted by atomic mass is 16.1. The molecule has 1 saturated carbocycles. The Balaban J connectivity index is 1.26. The molecule has 206 valence electrons. The fraction of sp³-hybridized carbons (Fsp3) is 0.767. The van der Waals surface area contributed by atoms with Crippen LogP contribution in [0.15, 0.2) is 12.1 Å². The van der Waals surface area contributed by atoms with Crippen molar-refractivity contribution in [2.45, 2.75) is 109 Å². The van der Waals surface area contributed by atoms with E-state index in [9.17, 15) is 4.79 Å². The Bertz CT molecular complexity index is 875. The first-order valence-electron chi connectivity index (χ1n) is 15.1. The van der Waals surface area contributed by atoms with Crippen molar-refractivity contribution in [3.63, 3.8) is 0 Å². The van der Waals surface area contributed by atoms with Gasteiger partial charge in [-0.15, -0.1) is 0 Å². The summed E-state index contributed by atoms with van der Waals surface area (Å²) in [7, 11) is 1.82. The number of anilines is 2. The number of hydrogen-bond donors (Lipinski definition) is 3. The fourth-order valence-corrected chi connectivity index (χ4v) is 6.62. The Morgan fingerprint density at radius 1 is 1.00 bits per heavy atom. The molecule has 3 heterocycles. The van der Waals surface area contributed by atoms with Gasteiger partial charge in [0, 0.05) is 44.3 Å².